The van der Waals surface area contributed by atoms with Gasteiger partial charge in [-0.25, -0.2) is 8.42 Å². The molecular formula is C22H18BrClN2O4S. The van der Waals surface area contributed by atoms with Crippen molar-refractivity contribution in [2.24, 2.45) is 0 Å². The highest BCUT2D eigenvalue weighted by atomic mass is 79.9. The number of hydrogen-bond donors (Lipinski definition) is 2. The second kappa shape index (κ2) is 10.00. The summed E-state index contributed by atoms with van der Waals surface area (Å²) in [6.07, 6.45) is 3.02. The van der Waals surface area contributed by atoms with Crippen LogP contribution in [0.1, 0.15) is 5.56 Å². The summed E-state index contributed by atoms with van der Waals surface area (Å²) in [6.45, 7) is 0. The number of halogens is 2. The monoisotopic (exact) mass is 520 g/mol. The van der Waals surface area contributed by atoms with Crippen molar-refractivity contribution in [2.45, 2.75) is 4.90 Å². The smallest absolute Gasteiger partial charge is 0.265 e. The molecule has 0 saturated heterocycles. The number of rotatable bonds is 7. The number of benzene rings is 3. The van der Waals surface area contributed by atoms with E-state index in [1.165, 1.54) is 25.3 Å². The van der Waals surface area contributed by atoms with Crippen LogP contribution >= 0.6 is 27.5 Å². The van der Waals surface area contributed by atoms with Gasteiger partial charge in [0.1, 0.15) is 10.6 Å². The van der Waals surface area contributed by atoms with E-state index in [9.17, 15) is 13.2 Å². The first-order valence-corrected chi connectivity index (χ1v) is 11.6. The van der Waals surface area contributed by atoms with Crippen molar-refractivity contribution in [3.63, 3.8) is 0 Å². The van der Waals surface area contributed by atoms with E-state index in [0.29, 0.717) is 16.4 Å². The van der Waals surface area contributed by atoms with Gasteiger partial charge in [-0.3, -0.25) is 9.52 Å². The Hall–Kier alpha value is -2.81. The molecule has 0 radical (unpaired) electrons. The van der Waals surface area contributed by atoms with E-state index >= 15 is 0 Å². The largest absolute Gasteiger partial charge is 0.495 e. The summed E-state index contributed by atoms with van der Waals surface area (Å²) < 4.78 is 34.3. The number of ether oxygens (including phenoxy) is 1. The zero-order valence-corrected chi connectivity index (χ0v) is 19.5. The van der Waals surface area contributed by atoms with Gasteiger partial charge < -0.3 is 10.1 Å². The van der Waals surface area contributed by atoms with Gasteiger partial charge in [0.05, 0.1) is 7.11 Å². The highest BCUT2D eigenvalue weighted by molar-refractivity contribution is 9.10. The van der Waals surface area contributed by atoms with Gasteiger partial charge in [-0.1, -0.05) is 39.7 Å². The van der Waals surface area contributed by atoms with Crippen LogP contribution in [0.25, 0.3) is 6.08 Å². The van der Waals surface area contributed by atoms with Gasteiger partial charge in [0.25, 0.3) is 10.0 Å². The lowest BCUT2D eigenvalue weighted by atomic mass is 10.2. The molecule has 3 rings (SSSR count). The van der Waals surface area contributed by atoms with Crippen molar-refractivity contribution in [3.8, 4) is 5.75 Å². The van der Waals surface area contributed by atoms with E-state index in [4.69, 9.17) is 16.3 Å². The number of anilines is 2. The summed E-state index contributed by atoms with van der Waals surface area (Å²) in [5, 5.41) is 3.15. The summed E-state index contributed by atoms with van der Waals surface area (Å²) in [5.74, 6) is -0.261. The zero-order chi connectivity index (χ0) is 22.4. The molecule has 0 unspecified atom stereocenters. The molecule has 0 atom stereocenters. The molecule has 1 amide bonds. The molecule has 0 aliphatic carbocycles. The van der Waals surface area contributed by atoms with Crippen LogP contribution in [0, 0.1) is 0 Å². The first kappa shape index (κ1) is 22.9. The molecule has 160 valence electrons. The number of carbonyl (C=O) groups excluding carboxylic acids is 1. The Morgan fingerprint density at radius 2 is 1.74 bits per heavy atom. The third-order valence-electron chi connectivity index (χ3n) is 4.09. The van der Waals surface area contributed by atoms with Crippen LogP contribution in [-0.4, -0.2) is 21.4 Å². The Bertz CT molecular complexity index is 1230. The third kappa shape index (κ3) is 6.33. The fourth-order valence-corrected chi connectivity index (χ4v) is 4.46. The summed E-state index contributed by atoms with van der Waals surface area (Å²) in [5.41, 5.74) is 1.49. The number of carbonyl (C=O) groups is 1. The average Bonchev–Trinajstić information content (AvgIpc) is 2.74. The lowest BCUT2D eigenvalue weighted by molar-refractivity contribution is -0.111. The second-order valence-electron chi connectivity index (χ2n) is 6.36. The standard InChI is InChI=1S/C22H18BrClN2O4S/c1-30-20-11-10-19(25-22(27)12-5-15-3-2-4-16(23)13-15)14-21(20)31(28,29)26-18-8-6-17(24)7-9-18/h2-14,26H,1H3,(H,25,27). The molecular weight excluding hydrogens is 504 g/mol. The maximum absolute atomic E-state index is 12.9. The normalized spacial score (nSPS) is 11.3. The van der Waals surface area contributed by atoms with E-state index in [2.05, 4.69) is 26.0 Å². The molecule has 0 aromatic heterocycles. The molecule has 0 aliphatic rings. The van der Waals surface area contributed by atoms with Gasteiger partial charge in [0.15, 0.2) is 0 Å². The summed E-state index contributed by atoms with van der Waals surface area (Å²) in [7, 11) is -2.61. The van der Waals surface area contributed by atoms with E-state index in [1.807, 2.05) is 24.3 Å². The minimum atomic E-state index is -3.98. The summed E-state index contributed by atoms with van der Waals surface area (Å²) in [6, 6.07) is 18.1. The van der Waals surface area contributed by atoms with E-state index in [1.54, 1.807) is 36.4 Å². The number of sulfonamides is 1. The molecule has 6 nitrogen and oxygen atoms in total. The van der Waals surface area contributed by atoms with E-state index in [0.717, 1.165) is 10.0 Å². The van der Waals surface area contributed by atoms with Crippen molar-refractivity contribution >= 4 is 60.9 Å². The first-order valence-electron chi connectivity index (χ1n) is 8.98. The second-order valence-corrected chi connectivity index (χ2v) is 9.36. The van der Waals surface area contributed by atoms with Crippen LogP contribution in [0.5, 0.6) is 5.75 Å². The van der Waals surface area contributed by atoms with Crippen molar-refractivity contribution in [1.29, 1.82) is 0 Å². The van der Waals surface area contributed by atoms with Crippen LogP contribution in [0.15, 0.2) is 82.2 Å². The highest BCUT2D eigenvalue weighted by Crippen LogP contribution is 2.29. The number of methoxy groups -OCH3 is 1. The Labute approximate surface area is 194 Å². The van der Waals surface area contributed by atoms with Gasteiger partial charge in [0.2, 0.25) is 5.91 Å². The van der Waals surface area contributed by atoms with Crippen LogP contribution < -0.4 is 14.8 Å². The van der Waals surface area contributed by atoms with Crippen LogP contribution in [-0.2, 0) is 14.8 Å². The molecule has 0 aliphatic heterocycles. The third-order valence-corrected chi connectivity index (χ3v) is 6.24. The van der Waals surface area contributed by atoms with Gasteiger partial charge in [-0.05, 0) is 66.2 Å². The summed E-state index contributed by atoms with van der Waals surface area (Å²) in [4.78, 5) is 12.2. The lowest BCUT2D eigenvalue weighted by Crippen LogP contribution is -2.15. The van der Waals surface area contributed by atoms with Crippen LogP contribution in [0.3, 0.4) is 0 Å². The summed E-state index contributed by atoms with van der Waals surface area (Å²) >= 11 is 9.22. The fraction of sp³-hybridized carbons (Fsp3) is 0.0455. The maximum Gasteiger partial charge on any atom is 0.265 e. The first-order chi connectivity index (χ1) is 14.8. The molecule has 0 bridgehead atoms. The molecule has 3 aromatic carbocycles. The Morgan fingerprint density at radius 3 is 2.42 bits per heavy atom. The Morgan fingerprint density at radius 1 is 1.03 bits per heavy atom. The zero-order valence-electron chi connectivity index (χ0n) is 16.3. The van der Waals surface area contributed by atoms with E-state index in [-0.39, 0.29) is 10.6 Å². The van der Waals surface area contributed by atoms with Crippen molar-refractivity contribution < 1.29 is 17.9 Å². The van der Waals surface area contributed by atoms with Crippen LogP contribution in [0.4, 0.5) is 11.4 Å². The van der Waals surface area contributed by atoms with Gasteiger partial charge >= 0.3 is 0 Å². The van der Waals surface area contributed by atoms with Crippen molar-refractivity contribution in [2.75, 3.05) is 17.1 Å². The quantitative estimate of drug-likeness (QED) is 0.399. The van der Waals surface area contributed by atoms with Crippen LogP contribution in [0.2, 0.25) is 5.02 Å². The topological polar surface area (TPSA) is 84.5 Å². The molecule has 31 heavy (non-hydrogen) atoms. The minimum absolute atomic E-state index is 0.112. The molecule has 0 fully saturated rings. The number of hydrogen-bond acceptors (Lipinski definition) is 4. The number of amides is 1. The molecule has 3 aromatic rings. The van der Waals surface area contributed by atoms with E-state index < -0.39 is 15.9 Å². The molecule has 9 heteroatoms. The minimum Gasteiger partial charge on any atom is -0.495 e. The lowest BCUT2D eigenvalue weighted by Gasteiger charge is -2.13. The van der Waals surface area contributed by atoms with Gasteiger partial charge in [0, 0.05) is 26.9 Å². The van der Waals surface area contributed by atoms with Gasteiger partial charge in [-0.2, -0.15) is 0 Å². The maximum atomic E-state index is 12.9. The SMILES string of the molecule is COc1ccc(NC(=O)C=Cc2cccc(Br)c2)cc1S(=O)(=O)Nc1ccc(Cl)cc1. The Balaban J connectivity index is 1.81. The predicted molar refractivity (Wildman–Crippen MR) is 127 cm³/mol. The average molecular weight is 522 g/mol. The molecule has 0 spiro atoms. The molecule has 0 heterocycles. The highest BCUT2D eigenvalue weighted by Gasteiger charge is 2.21. The van der Waals surface area contributed by atoms with Crippen molar-refractivity contribution in [1.82, 2.24) is 0 Å². The molecule has 0 saturated carbocycles. The molecule has 2 N–H and O–H groups in total. The van der Waals surface area contributed by atoms with Crippen molar-refractivity contribution in [3.05, 3.63) is 87.9 Å². The number of nitrogens with one attached hydrogen (secondary N) is 2. The van der Waals surface area contributed by atoms with Gasteiger partial charge in [-0.15, -0.1) is 0 Å². The fourth-order valence-electron chi connectivity index (χ4n) is 2.66. The Kier molecular flexibility index (Phi) is 7.37. The predicted octanol–water partition coefficient (Wildman–Crippen LogP) is 5.56.